The Bertz CT molecular complexity index is 946. The molecule has 3 amide bonds. The highest BCUT2D eigenvalue weighted by Crippen LogP contribution is 2.29. The molecule has 1 aliphatic rings. The second-order valence-electron chi connectivity index (χ2n) is 7.35. The molecule has 0 aromatic heterocycles. The van der Waals surface area contributed by atoms with Crippen LogP contribution in [0.25, 0.3) is 0 Å². The molecule has 1 heterocycles. The lowest BCUT2D eigenvalue weighted by molar-refractivity contribution is -0.121. The summed E-state index contributed by atoms with van der Waals surface area (Å²) in [5, 5.41) is 8.90. The monoisotopic (exact) mass is 428 g/mol. The Morgan fingerprint density at radius 2 is 1.93 bits per heavy atom. The minimum absolute atomic E-state index is 0.0465. The van der Waals surface area contributed by atoms with Gasteiger partial charge in [0, 0.05) is 25.7 Å². The highest BCUT2D eigenvalue weighted by molar-refractivity contribution is 6.33. The molecule has 1 aliphatic heterocycles. The number of rotatable bonds is 6. The average molecular weight is 429 g/mol. The molecule has 0 bridgehead atoms. The van der Waals surface area contributed by atoms with E-state index in [2.05, 4.69) is 16.0 Å². The van der Waals surface area contributed by atoms with Gasteiger partial charge in [-0.15, -0.1) is 0 Å². The molecule has 0 saturated carbocycles. The molecular formula is C22H25ClN4O3. The zero-order valence-electron chi connectivity index (χ0n) is 17.0. The SMILES string of the molecule is CC(=O)NC(CC(=O)Nc1ccc(N2CCNC(=O)C2)c(Cl)c1)c1ccc(C)cc1. The minimum atomic E-state index is -0.426. The maximum Gasteiger partial charge on any atom is 0.239 e. The molecule has 1 saturated heterocycles. The fourth-order valence-corrected chi connectivity index (χ4v) is 3.68. The van der Waals surface area contributed by atoms with Crippen LogP contribution in [0.2, 0.25) is 5.02 Å². The Hall–Kier alpha value is -3.06. The smallest absolute Gasteiger partial charge is 0.239 e. The van der Waals surface area contributed by atoms with Crippen molar-refractivity contribution < 1.29 is 14.4 Å². The summed E-state index contributed by atoms with van der Waals surface area (Å²) in [6.45, 7) is 4.90. The molecule has 1 unspecified atom stereocenters. The third-order valence-electron chi connectivity index (χ3n) is 4.86. The van der Waals surface area contributed by atoms with Crippen molar-refractivity contribution in [1.82, 2.24) is 10.6 Å². The zero-order valence-corrected chi connectivity index (χ0v) is 17.8. The van der Waals surface area contributed by atoms with Crippen molar-refractivity contribution in [3.8, 4) is 0 Å². The lowest BCUT2D eigenvalue weighted by Crippen LogP contribution is -2.47. The molecule has 7 nitrogen and oxygen atoms in total. The number of nitrogens with one attached hydrogen (secondary N) is 3. The number of halogens is 1. The summed E-state index contributed by atoms with van der Waals surface area (Å²) < 4.78 is 0. The highest BCUT2D eigenvalue weighted by Gasteiger charge is 2.20. The van der Waals surface area contributed by atoms with Crippen molar-refractivity contribution in [1.29, 1.82) is 0 Å². The number of carbonyl (C=O) groups is 3. The van der Waals surface area contributed by atoms with Gasteiger partial charge in [-0.2, -0.15) is 0 Å². The first-order valence-corrected chi connectivity index (χ1v) is 10.1. The van der Waals surface area contributed by atoms with Crippen molar-refractivity contribution in [3.05, 3.63) is 58.6 Å². The summed E-state index contributed by atoms with van der Waals surface area (Å²) in [6, 6.07) is 12.5. The Labute approximate surface area is 180 Å². The first kappa shape index (κ1) is 21.6. The molecule has 1 atom stereocenters. The summed E-state index contributed by atoms with van der Waals surface area (Å²) in [4.78, 5) is 37.7. The zero-order chi connectivity index (χ0) is 21.7. The quantitative estimate of drug-likeness (QED) is 0.659. The van der Waals surface area contributed by atoms with E-state index in [0.29, 0.717) is 23.8 Å². The Morgan fingerprint density at radius 3 is 2.57 bits per heavy atom. The van der Waals surface area contributed by atoms with E-state index in [1.807, 2.05) is 36.1 Å². The number of hydrogen-bond donors (Lipinski definition) is 3. The van der Waals surface area contributed by atoms with Crippen LogP contribution in [0.3, 0.4) is 0 Å². The third-order valence-corrected chi connectivity index (χ3v) is 5.16. The van der Waals surface area contributed by atoms with Crippen LogP contribution in [0.1, 0.15) is 30.5 Å². The van der Waals surface area contributed by atoms with Gasteiger partial charge in [-0.1, -0.05) is 41.4 Å². The maximum absolute atomic E-state index is 12.6. The first-order valence-electron chi connectivity index (χ1n) is 9.76. The van der Waals surface area contributed by atoms with E-state index >= 15 is 0 Å². The number of nitrogens with zero attached hydrogens (tertiary/aromatic N) is 1. The number of carbonyl (C=O) groups excluding carboxylic acids is 3. The molecule has 3 rings (SSSR count). The molecule has 3 N–H and O–H groups in total. The predicted molar refractivity (Wildman–Crippen MR) is 118 cm³/mol. The number of amides is 3. The van der Waals surface area contributed by atoms with E-state index in [1.165, 1.54) is 6.92 Å². The van der Waals surface area contributed by atoms with Crippen LogP contribution < -0.4 is 20.9 Å². The van der Waals surface area contributed by atoms with Gasteiger partial charge in [0.25, 0.3) is 0 Å². The van der Waals surface area contributed by atoms with Crippen LogP contribution in [-0.2, 0) is 14.4 Å². The topological polar surface area (TPSA) is 90.5 Å². The number of aryl methyl sites for hydroxylation is 1. The molecule has 8 heteroatoms. The summed E-state index contributed by atoms with van der Waals surface area (Å²) in [6.07, 6.45) is 0.0916. The Morgan fingerprint density at radius 1 is 1.20 bits per heavy atom. The van der Waals surface area contributed by atoms with Crippen LogP contribution in [0.15, 0.2) is 42.5 Å². The lowest BCUT2D eigenvalue weighted by atomic mass is 10.0. The summed E-state index contributed by atoms with van der Waals surface area (Å²) >= 11 is 6.40. The van der Waals surface area contributed by atoms with E-state index < -0.39 is 6.04 Å². The van der Waals surface area contributed by atoms with E-state index in [-0.39, 0.29) is 30.7 Å². The average Bonchev–Trinajstić information content (AvgIpc) is 2.68. The molecule has 158 valence electrons. The second kappa shape index (κ2) is 9.63. The Balaban J connectivity index is 1.68. The maximum atomic E-state index is 12.6. The summed E-state index contributed by atoms with van der Waals surface area (Å²) in [5.41, 5.74) is 3.27. The van der Waals surface area contributed by atoms with Gasteiger partial charge in [-0.05, 0) is 30.7 Å². The molecule has 30 heavy (non-hydrogen) atoms. The molecule has 2 aromatic rings. The van der Waals surface area contributed by atoms with Crippen LogP contribution in [0, 0.1) is 6.92 Å². The van der Waals surface area contributed by atoms with Crippen molar-refractivity contribution in [3.63, 3.8) is 0 Å². The largest absolute Gasteiger partial charge is 0.359 e. The number of hydrogen-bond acceptors (Lipinski definition) is 4. The second-order valence-corrected chi connectivity index (χ2v) is 7.76. The summed E-state index contributed by atoms with van der Waals surface area (Å²) in [5.74, 6) is -0.489. The number of benzene rings is 2. The van der Waals surface area contributed by atoms with Gasteiger partial charge >= 0.3 is 0 Å². The van der Waals surface area contributed by atoms with Gasteiger partial charge in [0.2, 0.25) is 17.7 Å². The van der Waals surface area contributed by atoms with Gasteiger partial charge < -0.3 is 20.9 Å². The van der Waals surface area contributed by atoms with Crippen molar-refractivity contribution in [2.45, 2.75) is 26.3 Å². The van der Waals surface area contributed by atoms with Gasteiger partial charge in [0.05, 0.1) is 29.7 Å². The van der Waals surface area contributed by atoms with Crippen LogP contribution in [-0.4, -0.2) is 37.4 Å². The minimum Gasteiger partial charge on any atom is -0.359 e. The van der Waals surface area contributed by atoms with E-state index in [1.54, 1.807) is 18.2 Å². The molecule has 0 aliphatic carbocycles. The van der Waals surface area contributed by atoms with Crippen LogP contribution in [0.4, 0.5) is 11.4 Å². The molecule has 2 aromatic carbocycles. The fraction of sp³-hybridized carbons (Fsp3) is 0.318. The van der Waals surface area contributed by atoms with Crippen molar-refractivity contribution >= 4 is 40.7 Å². The standard InChI is InChI=1S/C22H25ClN4O3/c1-14-3-5-16(6-4-14)19(25-15(2)28)12-21(29)26-17-7-8-20(18(23)11-17)27-10-9-24-22(30)13-27/h3-8,11,19H,9-10,12-13H2,1-2H3,(H,24,30)(H,25,28)(H,26,29). The van der Waals surface area contributed by atoms with Crippen LogP contribution in [0.5, 0.6) is 0 Å². The summed E-state index contributed by atoms with van der Waals surface area (Å²) in [7, 11) is 0. The van der Waals surface area contributed by atoms with Crippen LogP contribution >= 0.6 is 11.6 Å². The van der Waals surface area contributed by atoms with E-state index in [0.717, 1.165) is 16.8 Å². The van der Waals surface area contributed by atoms with Crippen molar-refractivity contribution in [2.24, 2.45) is 0 Å². The molecule has 0 spiro atoms. The molecular weight excluding hydrogens is 404 g/mol. The fourth-order valence-electron chi connectivity index (χ4n) is 3.38. The molecule has 0 radical (unpaired) electrons. The lowest BCUT2D eigenvalue weighted by Gasteiger charge is -2.29. The van der Waals surface area contributed by atoms with Gasteiger partial charge in [0.15, 0.2) is 0 Å². The first-order chi connectivity index (χ1) is 14.3. The van der Waals surface area contributed by atoms with Gasteiger partial charge in [0.1, 0.15) is 0 Å². The highest BCUT2D eigenvalue weighted by atomic mass is 35.5. The Kier molecular flexibility index (Phi) is 6.95. The normalized spacial score (nSPS) is 14.6. The van der Waals surface area contributed by atoms with Gasteiger partial charge in [-0.3, -0.25) is 14.4 Å². The van der Waals surface area contributed by atoms with Crippen molar-refractivity contribution in [2.75, 3.05) is 29.9 Å². The number of piperazine rings is 1. The van der Waals surface area contributed by atoms with E-state index in [9.17, 15) is 14.4 Å². The predicted octanol–water partition coefficient (Wildman–Crippen LogP) is 2.79. The van der Waals surface area contributed by atoms with E-state index in [4.69, 9.17) is 11.6 Å². The molecule has 1 fully saturated rings. The third kappa shape index (κ3) is 5.73. The number of anilines is 2. The van der Waals surface area contributed by atoms with Gasteiger partial charge in [-0.25, -0.2) is 0 Å².